The second-order valence-electron chi connectivity index (χ2n) is 3.99. The third kappa shape index (κ3) is 5.12. The molecule has 0 aliphatic rings. The molecule has 0 unspecified atom stereocenters. The number of hydrogen-bond donors (Lipinski definition) is 1. The van der Waals surface area contributed by atoms with Gasteiger partial charge in [-0.3, -0.25) is 0 Å². The number of hydrogen-bond acceptors (Lipinski definition) is 3. The predicted molar refractivity (Wildman–Crippen MR) is 49.6 cm³/mol. The van der Waals surface area contributed by atoms with Crippen LogP contribution in [0.3, 0.4) is 0 Å². The van der Waals surface area contributed by atoms with E-state index in [2.05, 4.69) is 9.47 Å². The molecule has 22 heavy (non-hydrogen) atoms. The average molecular weight is 356 g/mol. The number of alkyl halides is 10. The van der Waals surface area contributed by atoms with Crippen molar-refractivity contribution in [3.05, 3.63) is 0 Å². The SMILES string of the molecule is OC(COC(F)(F)C(F)(F)CF)COC(F)(F)C(F)(F)CF. The van der Waals surface area contributed by atoms with E-state index in [-0.39, 0.29) is 0 Å². The number of rotatable bonds is 10. The first-order valence-corrected chi connectivity index (χ1v) is 5.31. The smallest absolute Gasteiger partial charge is 0.388 e. The van der Waals surface area contributed by atoms with E-state index < -0.39 is 56.7 Å². The van der Waals surface area contributed by atoms with Gasteiger partial charge in [0.25, 0.3) is 0 Å². The van der Waals surface area contributed by atoms with Crippen LogP contribution in [0.1, 0.15) is 0 Å². The van der Waals surface area contributed by atoms with Crippen LogP contribution < -0.4 is 0 Å². The maximum atomic E-state index is 12.6. The molecule has 0 aromatic carbocycles. The zero-order chi connectivity index (χ0) is 17.8. The Kier molecular flexibility index (Phi) is 6.90. The Balaban J connectivity index is 4.46. The van der Waals surface area contributed by atoms with Gasteiger partial charge in [-0.15, -0.1) is 0 Å². The van der Waals surface area contributed by atoms with Crippen LogP contribution in [0.15, 0.2) is 0 Å². The normalized spacial score (nSPS) is 14.7. The molecule has 0 aromatic heterocycles. The topological polar surface area (TPSA) is 38.7 Å². The van der Waals surface area contributed by atoms with Crippen LogP contribution in [0, 0.1) is 0 Å². The quantitative estimate of drug-likeness (QED) is 0.612. The lowest BCUT2D eigenvalue weighted by molar-refractivity contribution is -0.367. The Morgan fingerprint density at radius 2 is 0.955 bits per heavy atom. The van der Waals surface area contributed by atoms with Crippen molar-refractivity contribution in [2.75, 3.05) is 26.6 Å². The fourth-order valence-corrected chi connectivity index (χ4v) is 0.817. The molecule has 0 saturated carbocycles. The summed E-state index contributed by atoms with van der Waals surface area (Å²) in [4.78, 5) is 0. The first-order valence-electron chi connectivity index (χ1n) is 5.31. The zero-order valence-corrected chi connectivity index (χ0v) is 10.4. The monoisotopic (exact) mass is 356 g/mol. The van der Waals surface area contributed by atoms with Gasteiger partial charge in [-0.25, -0.2) is 8.78 Å². The summed E-state index contributed by atoms with van der Waals surface area (Å²) in [5, 5.41) is 8.86. The third-order valence-corrected chi connectivity index (χ3v) is 2.10. The molecule has 0 aliphatic heterocycles. The largest absolute Gasteiger partial charge is 0.422 e. The molecule has 13 heteroatoms. The van der Waals surface area contributed by atoms with Crippen molar-refractivity contribution in [1.82, 2.24) is 0 Å². The van der Waals surface area contributed by atoms with E-state index in [0.717, 1.165) is 0 Å². The van der Waals surface area contributed by atoms with Crippen molar-refractivity contribution in [2.24, 2.45) is 0 Å². The molecule has 0 atom stereocenters. The lowest BCUT2D eigenvalue weighted by atomic mass is 10.3. The van der Waals surface area contributed by atoms with Crippen molar-refractivity contribution in [2.45, 2.75) is 30.2 Å². The lowest BCUT2D eigenvalue weighted by Crippen LogP contribution is -2.48. The molecule has 0 heterocycles. The molecule has 0 amide bonds. The number of ether oxygens (including phenoxy) is 2. The van der Waals surface area contributed by atoms with Crippen molar-refractivity contribution in [3.63, 3.8) is 0 Å². The van der Waals surface area contributed by atoms with Crippen LogP contribution in [0.5, 0.6) is 0 Å². The minimum absolute atomic E-state index is 1.76. The molecule has 0 aliphatic carbocycles. The molecule has 0 fully saturated rings. The third-order valence-electron chi connectivity index (χ3n) is 2.10. The van der Waals surface area contributed by atoms with E-state index in [1.807, 2.05) is 0 Å². The van der Waals surface area contributed by atoms with Gasteiger partial charge >= 0.3 is 24.1 Å². The Morgan fingerprint density at radius 3 is 1.18 bits per heavy atom. The summed E-state index contributed by atoms with van der Waals surface area (Å²) in [7, 11) is 0. The van der Waals surface area contributed by atoms with E-state index in [1.165, 1.54) is 0 Å². The lowest BCUT2D eigenvalue weighted by Gasteiger charge is -2.26. The summed E-state index contributed by atoms with van der Waals surface area (Å²) in [5.41, 5.74) is 0. The summed E-state index contributed by atoms with van der Waals surface area (Å²) in [6.45, 7) is -9.15. The van der Waals surface area contributed by atoms with Crippen LogP contribution in [-0.2, 0) is 9.47 Å². The predicted octanol–water partition coefficient (Wildman–Crippen LogP) is 2.78. The second-order valence-corrected chi connectivity index (χ2v) is 3.99. The zero-order valence-electron chi connectivity index (χ0n) is 10.4. The van der Waals surface area contributed by atoms with E-state index in [4.69, 9.17) is 5.11 Å². The molecule has 0 saturated heterocycles. The van der Waals surface area contributed by atoms with Gasteiger partial charge in [-0.1, -0.05) is 0 Å². The van der Waals surface area contributed by atoms with Crippen LogP contribution in [-0.4, -0.2) is 61.8 Å². The van der Waals surface area contributed by atoms with Gasteiger partial charge in [0.15, 0.2) is 13.3 Å². The van der Waals surface area contributed by atoms with Crippen molar-refractivity contribution < 1.29 is 58.5 Å². The van der Waals surface area contributed by atoms with Crippen LogP contribution >= 0.6 is 0 Å². The fraction of sp³-hybridized carbons (Fsp3) is 1.00. The van der Waals surface area contributed by atoms with Crippen molar-refractivity contribution in [3.8, 4) is 0 Å². The van der Waals surface area contributed by atoms with E-state index >= 15 is 0 Å². The standard InChI is InChI=1S/C9H10F10O3/c10-3-6(12,13)8(16,17)21-1-5(20)2-22-9(18,19)7(14,15)4-11/h5,20H,1-4H2. The van der Waals surface area contributed by atoms with E-state index in [1.54, 1.807) is 0 Å². The van der Waals surface area contributed by atoms with Crippen LogP contribution in [0.25, 0.3) is 0 Å². The van der Waals surface area contributed by atoms with Gasteiger partial charge in [0, 0.05) is 0 Å². The highest BCUT2D eigenvalue weighted by molar-refractivity contribution is 4.78. The Labute approximate surface area is 116 Å². The molecule has 0 radical (unpaired) electrons. The van der Waals surface area contributed by atoms with Crippen LogP contribution in [0.2, 0.25) is 0 Å². The van der Waals surface area contributed by atoms with E-state index in [9.17, 15) is 43.9 Å². The van der Waals surface area contributed by atoms with Gasteiger partial charge in [0.2, 0.25) is 0 Å². The van der Waals surface area contributed by atoms with Gasteiger partial charge in [-0.05, 0) is 0 Å². The summed E-state index contributed by atoms with van der Waals surface area (Å²) >= 11 is 0. The van der Waals surface area contributed by atoms with Gasteiger partial charge < -0.3 is 14.6 Å². The number of aliphatic hydroxyl groups is 1. The highest BCUT2D eigenvalue weighted by Gasteiger charge is 2.59. The first-order chi connectivity index (χ1) is 9.72. The molecule has 0 spiro atoms. The molecule has 3 nitrogen and oxygen atoms in total. The molecule has 134 valence electrons. The van der Waals surface area contributed by atoms with E-state index in [0.29, 0.717) is 0 Å². The Hall–Kier alpha value is -0.820. The van der Waals surface area contributed by atoms with Gasteiger partial charge in [-0.2, -0.15) is 35.1 Å². The maximum Gasteiger partial charge on any atom is 0.422 e. The van der Waals surface area contributed by atoms with Crippen molar-refractivity contribution >= 4 is 0 Å². The molecule has 0 bridgehead atoms. The fourth-order valence-electron chi connectivity index (χ4n) is 0.817. The molecule has 0 aromatic rings. The molecular weight excluding hydrogens is 346 g/mol. The van der Waals surface area contributed by atoms with Crippen LogP contribution in [0.4, 0.5) is 43.9 Å². The molecular formula is C9H10F10O3. The van der Waals surface area contributed by atoms with Gasteiger partial charge in [0.05, 0.1) is 13.2 Å². The number of aliphatic hydroxyl groups excluding tert-OH is 1. The second kappa shape index (κ2) is 7.17. The minimum Gasteiger partial charge on any atom is -0.388 e. The summed E-state index contributed by atoms with van der Waals surface area (Å²) < 4.78 is 129. The minimum atomic E-state index is -5.38. The number of halogens is 10. The first kappa shape index (κ1) is 21.2. The molecule has 0 rings (SSSR count). The maximum absolute atomic E-state index is 12.6. The average Bonchev–Trinajstić information content (AvgIpc) is 2.42. The Bertz CT molecular complexity index is 317. The molecule has 1 N–H and O–H groups in total. The summed E-state index contributed by atoms with van der Waals surface area (Å²) in [6.07, 6.45) is -13.2. The van der Waals surface area contributed by atoms with Gasteiger partial charge in [0.1, 0.15) is 6.10 Å². The highest BCUT2D eigenvalue weighted by Crippen LogP contribution is 2.37. The summed E-state index contributed by atoms with van der Waals surface area (Å²) in [5.74, 6) is -10.5. The van der Waals surface area contributed by atoms with Crippen molar-refractivity contribution in [1.29, 1.82) is 0 Å². The Morgan fingerprint density at radius 1 is 0.682 bits per heavy atom. The highest BCUT2D eigenvalue weighted by atomic mass is 19.3. The summed E-state index contributed by atoms with van der Waals surface area (Å²) in [6, 6.07) is 0.